The van der Waals surface area contributed by atoms with Crippen LogP contribution in [0.5, 0.6) is 0 Å². The van der Waals surface area contributed by atoms with Crippen molar-refractivity contribution in [2.45, 2.75) is 25.9 Å². The van der Waals surface area contributed by atoms with Crippen LogP contribution in [0.3, 0.4) is 0 Å². The number of pyridine rings is 1. The lowest BCUT2D eigenvalue weighted by molar-refractivity contribution is -0.121. The molecule has 4 aromatic rings. The van der Waals surface area contributed by atoms with Crippen LogP contribution >= 0.6 is 11.6 Å². The molecule has 9 nitrogen and oxygen atoms in total. The minimum atomic E-state index is -0.690. The summed E-state index contributed by atoms with van der Waals surface area (Å²) in [6.07, 6.45) is 10.3. The first-order chi connectivity index (χ1) is 15.0. The van der Waals surface area contributed by atoms with Crippen LogP contribution in [0.25, 0.3) is 22.4 Å². The van der Waals surface area contributed by atoms with Gasteiger partial charge in [0.25, 0.3) is 0 Å². The quantitative estimate of drug-likeness (QED) is 0.361. The minimum absolute atomic E-state index is 0.0598. The van der Waals surface area contributed by atoms with Crippen LogP contribution in [0.15, 0.2) is 43.4 Å². The summed E-state index contributed by atoms with van der Waals surface area (Å²) >= 11 is 6.04. The van der Waals surface area contributed by atoms with Gasteiger partial charge in [-0.15, -0.1) is 0 Å². The van der Waals surface area contributed by atoms with Crippen LogP contribution in [-0.2, 0) is 11.3 Å². The summed E-state index contributed by atoms with van der Waals surface area (Å²) < 4.78 is 16.2. The number of nitrogens with zero attached hydrogens (tertiary/aromatic N) is 5. The van der Waals surface area contributed by atoms with Gasteiger partial charge in [-0.3, -0.25) is 4.79 Å². The number of imidazole rings is 1. The van der Waals surface area contributed by atoms with Gasteiger partial charge in [0.2, 0.25) is 5.91 Å². The summed E-state index contributed by atoms with van der Waals surface area (Å²) in [7, 11) is 0. The number of halogens is 2. The molecule has 1 atom stereocenters. The molecule has 0 bridgehead atoms. The maximum absolute atomic E-state index is 14.3. The summed E-state index contributed by atoms with van der Waals surface area (Å²) in [5, 5.41) is 6.83. The van der Waals surface area contributed by atoms with E-state index in [0.29, 0.717) is 28.2 Å². The van der Waals surface area contributed by atoms with Gasteiger partial charge in [0.05, 0.1) is 17.5 Å². The van der Waals surface area contributed by atoms with Crippen molar-refractivity contribution in [1.29, 1.82) is 0 Å². The highest BCUT2D eigenvalue weighted by atomic mass is 35.5. The van der Waals surface area contributed by atoms with Crippen molar-refractivity contribution in [3.05, 3.63) is 54.2 Å². The molecule has 0 unspecified atom stereocenters. The molecule has 1 amide bonds. The average Bonchev–Trinajstić information content (AvgIpc) is 3.42. The molecule has 31 heavy (non-hydrogen) atoms. The summed E-state index contributed by atoms with van der Waals surface area (Å²) in [4.78, 5) is 31.9. The summed E-state index contributed by atoms with van der Waals surface area (Å²) in [6.45, 7) is 2.88. The van der Waals surface area contributed by atoms with Gasteiger partial charge in [0, 0.05) is 48.8 Å². The highest BCUT2D eigenvalue weighted by Crippen LogP contribution is 2.28. The molecule has 11 heteroatoms. The Kier molecular flexibility index (Phi) is 6.08. The molecule has 0 saturated carbocycles. The van der Waals surface area contributed by atoms with Crippen molar-refractivity contribution in [3.8, 4) is 11.4 Å². The first-order valence-electron chi connectivity index (χ1n) is 9.67. The molecular weight excluding hydrogens is 423 g/mol. The van der Waals surface area contributed by atoms with Crippen molar-refractivity contribution in [2.75, 3.05) is 11.9 Å². The smallest absolute Gasteiger partial charge is 0.242 e. The van der Waals surface area contributed by atoms with E-state index in [2.05, 4.69) is 35.6 Å². The predicted octanol–water partition coefficient (Wildman–Crippen LogP) is 3.02. The molecule has 0 aliphatic rings. The topological polar surface area (TPSA) is 113 Å². The van der Waals surface area contributed by atoms with Crippen molar-refractivity contribution in [1.82, 2.24) is 34.8 Å². The Morgan fingerprint density at radius 1 is 1.35 bits per heavy atom. The number of amides is 1. The van der Waals surface area contributed by atoms with Crippen molar-refractivity contribution < 1.29 is 9.18 Å². The number of aromatic amines is 1. The molecule has 0 fully saturated rings. The van der Waals surface area contributed by atoms with Gasteiger partial charge in [-0.2, -0.15) is 0 Å². The third kappa shape index (κ3) is 4.80. The standard InChI is InChI=1S/C20H20ClFN8O/c1-12(20(31)24-3-2-5-30-6-4-23-11-30)28-19-16(22)10-27-18(29-19)15-9-26-17-14(15)7-13(21)8-25-17/h4,6-12H,2-3,5H2,1H3,(H,24,31)(H,25,26)(H,27,28,29)/t12-/m0/s1. The molecule has 160 valence electrons. The Morgan fingerprint density at radius 3 is 3.03 bits per heavy atom. The average molecular weight is 443 g/mol. The van der Waals surface area contributed by atoms with E-state index in [-0.39, 0.29) is 17.5 Å². The molecular formula is C20H20ClFN8O. The van der Waals surface area contributed by atoms with Crippen LogP contribution in [0.2, 0.25) is 5.02 Å². The number of fused-ring (bicyclic) bond motifs is 1. The third-order valence-electron chi connectivity index (χ3n) is 4.68. The zero-order valence-corrected chi connectivity index (χ0v) is 17.4. The maximum atomic E-state index is 14.3. The highest BCUT2D eigenvalue weighted by molar-refractivity contribution is 6.31. The van der Waals surface area contributed by atoms with Crippen LogP contribution in [0, 0.1) is 5.82 Å². The second kappa shape index (κ2) is 9.09. The number of hydrogen-bond donors (Lipinski definition) is 3. The minimum Gasteiger partial charge on any atom is -0.356 e. The van der Waals surface area contributed by atoms with E-state index in [1.165, 1.54) is 6.20 Å². The van der Waals surface area contributed by atoms with Crippen LogP contribution < -0.4 is 10.6 Å². The number of aryl methyl sites for hydroxylation is 1. The van der Waals surface area contributed by atoms with Gasteiger partial charge >= 0.3 is 0 Å². The Bertz CT molecular complexity index is 1190. The van der Waals surface area contributed by atoms with Gasteiger partial charge in [-0.05, 0) is 19.4 Å². The van der Waals surface area contributed by atoms with Gasteiger partial charge in [0.15, 0.2) is 17.5 Å². The van der Waals surface area contributed by atoms with Gasteiger partial charge in [0.1, 0.15) is 11.7 Å². The largest absolute Gasteiger partial charge is 0.356 e. The van der Waals surface area contributed by atoms with Crippen LogP contribution in [0.1, 0.15) is 13.3 Å². The monoisotopic (exact) mass is 442 g/mol. The number of carbonyl (C=O) groups excluding carboxylic acids is 1. The zero-order valence-electron chi connectivity index (χ0n) is 16.6. The Morgan fingerprint density at radius 2 is 2.23 bits per heavy atom. The summed E-state index contributed by atoms with van der Waals surface area (Å²) in [6, 6.07) is 1.04. The lowest BCUT2D eigenvalue weighted by atomic mass is 10.2. The maximum Gasteiger partial charge on any atom is 0.242 e. The van der Waals surface area contributed by atoms with Crippen LogP contribution in [0.4, 0.5) is 10.2 Å². The van der Waals surface area contributed by atoms with E-state index >= 15 is 0 Å². The molecule has 0 aliphatic carbocycles. The fourth-order valence-corrected chi connectivity index (χ4v) is 3.23. The Hall–Kier alpha value is -3.53. The number of rotatable bonds is 8. The predicted molar refractivity (Wildman–Crippen MR) is 115 cm³/mol. The molecule has 3 N–H and O–H groups in total. The molecule has 4 heterocycles. The number of H-pyrrole nitrogens is 1. The molecule has 0 aromatic carbocycles. The molecule has 0 spiro atoms. The SMILES string of the molecule is C[C@H](Nc1nc(-c2c[nH]c3ncc(Cl)cc23)ncc1F)C(=O)NCCCn1ccnc1. The van der Waals surface area contributed by atoms with E-state index in [1.54, 1.807) is 31.7 Å². The fraction of sp³-hybridized carbons (Fsp3) is 0.250. The Balaban J connectivity index is 1.42. The number of nitrogens with one attached hydrogen (secondary N) is 3. The normalized spacial score (nSPS) is 12.1. The summed E-state index contributed by atoms with van der Waals surface area (Å²) in [5.41, 5.74) is 1.25. The summed E-state index contributed by atoms with van der Waals surface area (Å²) in [5.74, 6) is -0.685. The van der Waals surface area contributed by atoms with Gasteiger partial charge in [-0.1, -0.05) is 11.6 Å². The van der Waals surface area contributed by atoms with E-state index < -0.39 is 11.9 Å². The number of carbonyl (C=O) groups is 1. The zero-order chi connectivity index (χ0) is 21.8. The van der Waals surface area contributed by atoms with Gasteiger partial charge < -0.3 is 20.2 Å². The van der Waals surface area contributed by atoms with Crippen molar-refractivity contribution in [2.24, 2.45) is 0 Å². The second-order valence-electron chi connectivity index (χ2n) is 6.95. The Labute approximate surface area is 182 Å². The molecule has 0 saturated heterocycles. The molecule has 0 radical (unpaired) electrons. The highest BCUT2D eigenvalue weighted by Gasteiger charge is 2.18. The van der Waals surface area contributed by atoms with Crippen molar-refractivity contribution >= 4 is 34.4 Å². The number of anilines is 1. The van der Waals surface area contributed by atoms with Crippen LogP contribution in [-0.4, -0.2) is 48.0 Å². The van der Waals surface area contributed by atoms with Gasteiger partial charge in [-0.25, -0.2) is 24.3 Å². The lowest BCUT2D eigenvalue weighted by Crippen LogP contribution is -2.38. The van der Waals surface area contributed by atoms with E-state index in [1.807, 2.05) is 10.8 Å². The van der Waals surface area contributed by atoms with E-state index in [9.17, 15) is 9.18 Å². The molecule has 4 rings (SSSR count). The molecule has 0 aliphatic heterocycles. The lowest BCUT2D eigenvalue weighted by Gasteiger charge is -2.15. The molecule has 4 aromatic heterocycles. The van der Waals surface area contributed by atoms with E-state index in [4.69, 9.17) is 11.6 Å². The fourth-order valence-electron chi connectivity index (χ4n) is 3.08. The van der Waals surface area contributed by atoms with Crippen molar-refractivity contribution in [3.63, 3.8) is 0 Å². The number of aromatic nitrogens is 6. The third-order valence-corrected chi connectivity index (χ3v) is 4.89. The number of hydrogen-bond acceptors (Lipinski definition) is 6. The first-order valence-corrected chi connectivity index (χ1v) is 10.0. The second-order valence-corrected chi connectivity index (χ2v) is 7.39. The first kappa shape index (κ1) is 20.7. The van der Waals surface area contributed by atoms with E-state index in [0.717, 1.165) is 19.2 Å².